The summed E-state index contributed by atoms with van der Waals surface area (Å²) in [5.41, 5.74) is 8.94. The third kappa shape index (κ3) is 7.96. The van der Waals surface area contributed by atoms with E-state index in [0.717, 1.165) is 36.1 Å². The Hall–Kier alpha value is -2.59. The first-order valence-corrected chi connectivity index (χ1v) is 13.3. The minimum absolute atomic E-state index is 0.0501. The van der Waals surface area contributed by atoms with Gasteiger partial charge in [-0.25, -0.2) is 0 Å². The smallest absolute Gasteiger partial charge is 0.241 e. The number of benzene rings is 2. The third-order valence-corrected chi connectivity index (χ3v) is 7.47. The lowest BCUT2D eigenvalue weighted by molar-refractivity contribution is -0.113. The van der Waals surface area contributed by atoms with Crippen LogP contribution in [0, 0.1) is 5.92 Å². The molecular formula is C31H43NO3. The number of amides is 1. The van der Waals surface area contributed by atoms with Crippen LogP contribution in [0.25, 0.3) is 0 Å². The molecule has 0 radical (unpaired) electrons. The van der Waals surface area contributed by atoms with Crippen molar-refractivity contribution in [3.8, 4) is 5.75 Å². The summed E-state index contributed by atoms with van der Waals surface area (Å²) in [5, 5.41) is 10.5. The number of aliphatic hydroxyl groups excluding tert-OH is 1. The molecule has 1 saturated carbocycles. The molecule has 3 rings (SSSR count). The fraction of sp³-hybridized carbons (Fsp3) is 0.516. The molecule has 3 N–H and O–H groups in total. The minimum atomic E-state index is -0.435. The summed E-state index contributed by atoms with van der Waals surface area (Å²) in [7, 11) is 0. The molecule has 1 aliphatic rings. The summed E-state index contributed by atoms with van der Waals surface area (Å²) in [6, 6.07) is 16.9. The lowest BCUT2D eigenvalue weighted by Crippen LogP contribution is -2.26. The van der Waals surface area contributed by atoms with Crippen LogP contribution >= 0.6 is 0 Å². The van der Waals surface area contributed by atoms with Crippen LogP contribution < -0.4 is 10.5 Å². The zero-order chi connectivity index (χ0) is 25.3. The molecule has 1 aliphatic carbocycles. The second-order valence-electron chi connectivity index (χ2n) is 10.7. The monoisotopic (exact) mass is 477 g/mol. The summed E-state index contributed by atoms with van der Waals surface area (Å²) in [5.74, 6) is 0.653. The third-order valence-electron chi connectivity index (χ3n) is 7.47. The molecule has 190 valence electrons. The number of allylic oxidation sites excluding steroid dienone is 1. The molecule has 0 bridgehead atoms. The number of ether oxygens (including phenoxy) is 1. The zero-order valence-corrected chi connectivity index (χ0v) is 21.7. The van der Waals surface area contributed by atoms with Crippen molar-refractivity contribution < 1.29 is 14.6 Å². The van der Waals surface area contributed by atoms with Crippen LogP contribution in [0.5, 0.6) is 5.75 Å². The van der Waals surface area contributed by atoms with Gasteiger partial charge in [0.05, 0.1) is 6.10 Å². The zero-order valence-electron chi connectivity index (χ0n) is 21.7. The van der Waals surface area contributed by atoms with E-state index in [1.165, 1.54) is 37.3 Å². The van der Waals surface area contributed by atoms with E-state index in [9.17, 15) is 9.90 Å². The van der Waals surface area contributed by atoms with Gasteiger partial charge in [-0.05, 0) is 71.8 Å². The molecule has 2 aromatic rings. The van der Waals surface area contributed by atoms with E-state index in [1.54, 1.807) is 0 Å². The molecule has 0 spiro atoms. The van der Waals surface area contributed by atoms with Crippen LogP contribution in [-0.4, -0.2) is 17.1 Å². The number of primary amides is 1. The maximum atomic E-state index is 11.4. The maximum absolute atomic E-state index is 11.4. The summed E-state index contributed by atoms with van der Waals surface area (Å²) < 4.78 is 6.47. The molecule has 1 fully saturated rings. The first-order valence-electron chi connectivity index (χ1n) is 13.3. The predicted octanol–water partition coefficient (Wildman–Crippen LogP) is 6.80. The van der Waals surface area contributed by atoms with E-state index in [0.29, 0.717) is 13.0 Å². The molecule has 3 atom stereocenters. The van der Waals surface area contributed by atoms with Crippen molar-refractivity contribution in [3.63, 3.8) is 0 Å². The lowest BCUT2D eigenvalue weighted by atomic mass is 9.72. The van der Waals surface area contributed by atoms with Crippen molar-refractivity contribution in [3.05, 3.63) is 77.4 Å². The normalized spacial score (nSPS) is 20.7. The van der Waals surface area contributed by atoms with E-state index in [-0.39, 0.29) is 23.4 Å². The molecule has 0 saturated heterocycles. The Balaban J connectivity index is 1.92. The van der Waals surface area contributed by atoms with Gasteiger partial charge >= 0.3 is 0 Å². The Morgan fingerprint density at radius 3 is 2.60 bits per heavy atom. The molecule has 3 unspecified atom stereocenters. The van der Waals surface area contributed by atoms with E-state index in [2.05, 4.69) is 51.1 Å². The van der Waals surface area contributed by atoms with Gasteiger partial charge in [-0.15, -0.1) is 0 Å². The van der Waals surface area contributed by atoms with E-state index in [4.69, 9.17) is 10.5 Å². The van der Waals surface area contributed by atoms with Gasteiger partial charge in [-0.3, -0.25) is 4.79 Å². The number of unbranched alkanes of at least 4 members (excludes halogenated alkanes) is 3. The Labute approximate surface area is 211 Å². The van der Waals surface area contributed by atoms with Gasteiger partial charge in [-0.1, -0.05) is 95.0 Å². The average molecular weight is 478 g/mol. The topological polar surface area (TPSA) is 72.5 Å². The Kier molecular flexibility index (Phi) is 9.97. The van der Waals surface area contributed by atoms with Crippen molar-refractivity contribution in [1.29, 1.82) is 0 Å². The predicted molar refractivity (Wildman–Crippen MR) is 143 cm³/mol. The van der Waals surface area contributed by atoms with E-state index in [1.807, 2.05) is 24.3 Å². The highest BCUT2D eigenvalue weighted by atomic mass is 16.5. The van der Waals surface area contributed by atoms with Gasteiger partial charge in [0.1, 0.15) is 12.4 Å². The van der Waals surface area contributed by atoms with Crippen LogP contribution in [0.4, 0.5) is 0 Å². The fourth-order valence-corrected chi connectivity index (χ4v) is 5.24. The Morgan fingerprint density at radius 2 is 1.89 bits per heavy atom. The highest BCUT2D eigenvalue weighted by Gasteiger charge is 2.32. The van der Waals surface area contributed by atoms with Gasteiger partial charge in [-0.2, -0.15) is 0 Å². The highest BCUT2D eigenvalue weighted by molar-refractivity contribution is 5.85. The second-order valence-corrected chi connectivity index (χ2v) is 10.7. The van der Waals surface area contributed by atoms with Gasteiger partial charge < -0.3 is 15.6 Å². The molecule has 35 heavy (non-hydrogen) atoms. The molecule has 4 nitrogen and oxygen atoms in total. The second kappa shape index (κ2) is 12.9. The molecule has 1 amide bonds. The largest absolute Gasteiger partial charge is 0.489 e. The van der Waals surface area contributed by atoms with E-state index < -0.39 is 5.91 Å². The van der Waals surface area contributed by atoms with Crippen molar-refractivity contribution >= 4 is 5.91 Å². The number of hydrogen-bond acceptors (Lipinski definition) is 3. The number of aliphatic hydroxyl groups is 1. The highest BCUT2D eigenvalue weighted by Crippen LogP contribution is 2.44. The summed E-state index contributed by atoms with van der Waals surface area (Å²) in [6.07, 6.45) is 11.4. The van der Waals surface area contributed by atoms with Gasteiger partial charge in [0.25, 0.3) is 0 Å². The molecule has 2 aromatic carbocycles. The maximum Gasteiger partial charge on any atom is 0.241 e. The van der Waals surface area contributed by atoms with Gasteiger partial charge in [0, 0.05) is 0 Å². The Bertz CT molecular complexity index is 966. The van der Waals surface area contributed by atoms with Crippen LogP contribution in [-0.2, 0) is 16.8 Å². The van der Waals surface area contributed by atoms with Crippen molar-refractivity contribution in [1.82, 2.24) is 0 Å². The SMILES string of the molecule is CCCCCCC(C)(C)c1ccc(C2CC(O)CCC2C=CC(N)=O)c(OCc2ccccc2)c1. The van der Waals surface area contributed by atoms with E-state index >= 15 is 0 Å². The minimum Gasteiger partial charge on any atom is -0.489 e. The summed E-state index contributed by atoms with van der Waals surface area (Å²) >= 11 is 0. The average Bonchev–Trinajstić information content (AvgIpc) is 2.85. The summed E-state index contributed by atoms with van der Waals surface area (Å²) in [6.45, 7) is 7.37. The first kappa shape index (κ1) is 27.0. The molecule has 0 aromatic heterocycles. The number of carbonyl (C=O) groups excluding carboxylic acids is 1. The quantitative estimate of drug-likeness (QED) is 0.261. The molecular weight excluding hydrogens is 434 g/mol. The van der Waals surface area contributed by atoms with Crippen LogP contribution in [0.2, 0.25) is 0 Å². The standard InChI is InChI=1S/C31H43NO3/c1-4-5-6-10-19-31(2,3)25-15-17-27(29(20-25)35-22-23-11-8-7-9-12-23)28-21-26(33)16-13-24(28)14-18-30(32)34/h7-9,11-12,14-15,17-18,20,24,26,28,33H,4-6,10,13,16,19,21-22H2,1-3H3,(H2,32,34). The number of rotatable bonds is 12. The van der Waals surface area contributed by atoms with Crippen molar-refractivity contribution in [2.45, 2.75) is 96.2 Å². The fourth-order valence-electron chi connectivity index (χ4n) is 5.24. The first-order chi connectivity index (χ1) is 16.8. The van der Waals surface area contributed by atoms with Crippen molar-refractivity contribution in [2.75, 3.05) is 0 Å². The number of carbonyl (C=O) groups is 1. The molecule has 4 heteroatoms. The van der Waals surface area contributed by atoms with Gasteiger partial charge in [0.15, 0.2) is 0 Å². The number of hydrogen-bond donors (Lipinski definition) is 2. The molecule has 0 heterocycles. The van der Waals surface area contributed by atoms with Crippen LogP contribution in [0.1, 0.15) is 94.7 Å². The van der Waals surface area contributed by atoms with Crippen molar-refractivity contribution in [2.24, 2.45) is 11.7 Å². The summed E-state index contributed by atoms with van der Waals surface area (Å²) in [4.78, 5) is 11.4. The van der Waals surface area contributed by atoms with Gasteiger partial charge in [0.2, 0.25) is 5.91 Å². The lowest BCUT2D eigenvalue weighted by Gasteiger charge is -2.34. The molecule has 0 aliphatic heterocycles. The van der Waals surface area contributed by atoms with Crippen LogP contribution in [0.3, 0.4) is 0 Å². The Morgan fingerprint density at radius 1 is 1.11 bits per heavy atom. The number of nitrogens with two attached hydrogens (primary N) is 1. The van der Waals surface area contributed by atoms with Crippen LogP contribution in [0.15, 0.2) is 60.7 Å².